The van der Waals surface area contributed by atoms with E-state index in [1.807, 2.05) is 0 Å². The number of methoxy groups -OCH3 is 1. The molecular weight excluding hydrogens is 354 g/mol. The van der Waals surface area contributed by atoms with Crippen LogP contribution < -0.4 is 14.2 Å². The first-order valence-electron chi connectivity index (χ1n) is 6.89. The number of anilines is 1. The summed E-state index contributed by atoms with van der Waals surface area (Å²) >= 11 is 5.88. The van der Waals surface area contributed by atoms with E-state index >= 15 is 0 Å². The van der Waals surface area contributed by atoms with E-state index < -0.39 is 10.1 Å². The van der Waals surface area contributed by atoms with Crippen molar-refractivity contribution in [1.82, 2.24) is 0 Å². The van der Waals surface area contributed by atoms with Gasteiger partial charge in [0.2, 0.25) is 5.91 Å². The third-order valence-electron chi connectivity index (χ3n) is 3.04. The highest BCUT2D eigenvalue weighted by Gasteiger charge is 2.23. The molecule has 0 fully saturated rings. The van der Waals surface area contributed by atoms with Gasteiger partial charge >= 0.3 is 10.1 Å². The molecule has 0 aromatic heterocycles. The van der Waals surface area contributed by atoms with Crippen molar-refractivity contribution in [2.75, 3.05) is 12.4 Å². The second-order valence-electron chi connectivity index (χ2n) is 5.01. The normalized spacial score (nSPS) is 11.0. The SMILES string of the molecule is COc1ccc(C)cc1S(=O)(=O)Oc1ccc(Cl)cc1NC(C)=O. The van der Waals surface area contributed by atoms with E-state index in [0.29, 0.717) is 5.02 Å². The highest BCUT2D eigenvalue weighted by molar-refractivity contribution is 7.87. The molecule has 2 rings (SSSR count). The van der Waals surface area contributed by atoms with Gasteiger partial charge in [-0.15, -0.1) is 0 Å². The fourth-order valence-corrected chi connectivity index (χ4v) is 3.38. The first-order chi connectivity index (χ1) is 11.2. The molecule has 0 saturated heterocycles. The summed E-state index contributed by atoms with van der Waals surface area (Å²) in [6.45, 7) is 3.05. The second-order valence-corrected chi connectivity index (χ2v) is 6.96. The van der Waals surface area contributed by atoms with Gasteiger partial charge in [-0.05, 0) is 42.8 Å². The van der Waals surface area contributed by atoms with Crippen molar-refractivity contribution >= 4 is 33.3 Å². The monoisotopic (exact) mass is 369 g/mol. The number of benzene rings is 2. The highest BCUT2D eigenvalue weighted by Crippen LogP contribution is 2.33. The van der Waals surface area contributed by atoms with Gasteiger partial charge in [-0.2, -0.15) is 8.42 Å². The highest BCUT2D eigenvalue weighted by atomic mass is 35.5. The molecule has 0 aliphatic heterocycles. The molecule has 1 amide bonds. The summed E-state index contributed by atoms with van der Waals surface area (Å²) in [6.07, 6.45) is 0. The van der Waals surface area contributed by atoms with Crippen molar-refractivity contribution < 1.29 is 22.1 Å². The lowest BCUT2D eigenvalue weighted by Gasteiger charge is -2.14. The van der Waals surface area contributed by atoms with Crippen LogP contribution in [0.3, 0.4) is 0 Å². The molecule has 6 nitrogen and oxygen atoms in total. The van der Waals surface area contributed by atoms with Crippen LogP contribution in [0.4, 0.5) is 5.69 Å². The van der Waals surface area contributed by atoms with Crippen LogP contribution >= 0.6 is 11.6 Å². The average molecular weight is 370 g/mol. The number of carbonyl (C=O) groups is 1. The van der Waals surface area contributed by atoms with E-state index in [0.717, 1.165) is 5.56 Å². The Bertz CT molecular complexity index is 880. The number of ether oxygens (including phenoxy) is 1. The fraction of sp³-hybridized carbons (Fsp3) is 0.188. The molecular formula is C16H16ClNO5S. The molecule has 128 valence electrons. The molecule has 0 bridgehead atoms. The maximum Gasteiger partial charge on any atom is 0.343 e. The van der Waals surface area contributed by atoms with Crippen molar-refractivity contribution in [3.05, 3.63) is 47.0 Å². The number of hydrogen-bond donors (Lipinski definition) is 1. The van der Waals surface area contributed by atoms with Gasteiger partial charge in [0.15, 0.2) is 5.75 Å². The Labute approximate surface area is 145 Å². The number of nitrogens with one attached hydrogen (secondary N) is 1. The summed E-state index contributed by atoms with van der Waals surface area (Å²) in [5.41, 5.74) is 0.890. The lowest BCUT2D eigenvalue weighted by atomic mass is 10.2. The Hall–Kier alpha value is -2.25. The van der Waals surface area contributed by atoms with Crippen molar-refractivity contribution in [3.8, 4) is 11.5 Å². The van der Waals surface area contributed by atoms with Crippen LogP contribution in [0.15, 0.2) is 41.3 Å². The Kier molecular flexibility index (Phi) is 5.36. The summed E-state index contributed by atoms with van der Waals surface area (Å²) in [5.74, 6) is -0.263. The molecule has 0 saturated carbocycles. The van der Waals surface area contributed by atoms with E-state index in [1.54, 1.807) is 19.1 Å². The zero-order chi connectivity index (χ0) is 17.9. The first-order valence-corrected chi connectivity index (χ1v) is 8.68. The minimum absolute atomic E-state index is 0.0434. The average Bonchev–Trinajstić information content (AvgIpc) is 2.49. The molecule has 1 N–H and O–H groups in total. The number of aryl methyl sites for hydroxylation is 1. The number of halogens is 1. The molecule has 2 aromatic rings. The summed E-state index contributed by atoms with van der Waals surface area (Å²) in [4.78, 5) is 11.2. The molecule has 0 aliphatic rings. The van der Waals surface area contributed by atoms with Crippen LogP contribution in [0.5, 0.6) is 11.5 Å². The maximum atomic E-state index is 12.6. The lowest BCUT2D eigenvalue weighted by Crippen LogP contribution is -2.14. The van der Waals surface area contributed by atoms with E-state index in [1.165, 1.54) is 38.3 Å². The third kappa shape index (κ3) is 4.18. The van der Waals surface area contributed by atoms with Gasteiger partial charge in [-0.1, -0.05) is 17.7 Å². The standard InChI is InChI=1S/C16H16ClNO5S/c1-10-4-6-15(22-3)16(8-10)24(20,21)23-14-7-5-12(17)9-13(14)18-11(2)19/h4-9H,1-3H3,(H,18,19). The molecule has 8 heteroatoms. The van der Waals surface area contributed by atoms with E-state index in [2.05, 4.69) is 5.32 Å². The molecule has 0 atom stereocenters. The molecule has 0 spiro atoms. The van der Waals surface area contributed by atoms with Gasteiger partial charge in [-0.3, -0.25) is 4.79 Å². The number of hydrogen-bond acceptors (Lipinski definition) is 5. The van der Waals surface area contributed by atoms with Gasteiger partial charge < -0.3 is 14.2 Å². The van der Waals surface area contributed by atoms with Crippen LogP contribution in [0.25, 0.3) is 0 Å². The minimum Gasteiger partial charge on any atom is -0.495 e. The van der Waals surface area contributed by atoms with Crippen molar-refractivity contribution in [2.45, 2.75) is 18.7 Å². The van der Waals surface area contributed by atoms with Crippen molar-refractivity contribution in [1.29, 1.82) is 0 Å². The topological polar surface area (TPSA) is 81.7 Å². The van der Waals surface area contributed by atoms with Crippen LogP contribution in [-0.2, 0) is 14.9 Å². The quantitative estimate of drug-likeness (QED) is 0.817. The zero-order valence-electron chi connectivity index (χ0n) is 13.3. The van der Waals surface area contributed by atoms with Gasteiger partial charge in [0.05, 0.1) is 12.8 Å². The van der Waals surface area contributed by atoms with E-state index in [9.17, 15) is 13.2 Å². The summed E-state index contributed by atoms with van der Waals surface area (Å²) in [7, 11) is -2.80. The fourth-order valence-electron chi connectivity index (χ4n) is 2.00. The van der Waals surface area contributed by atoms with Gasteiger partial charge in [-0.25, -0.2) is 0 Å². The van der Waals surface area contributed by atoms with Gasteiger partial charge in [0.25, 0.3) is 0 Å². The Morgan fingerprint density at radius 2 is 1.79 bits per heavy atom. The van der Waals surface area contributed by atoms with Crippen LogP contribution in [0.2, 0.25) is 5.02 Å². The molecule has 24 heavy (non-hydrogen) atoms. The van der Waals surface area contributed by atoms with Crippen molar-refractivity contribution in [2.24, 2.45) is 0 Å². The van der Waals surface area contributed by atoms with Crippen LogP contribution in [0, 0.1) is 6.92 Å². The largest absolute Gasteiger partial charge is 0.495 e. The molecule has 0 unspecified atom stereocenters. The zero-order valence-corrected chi connectivity index (χ0v) is 14.9. The maximum absolute atomic E-state index is 12.6. The van der Waals surface area contributed by atoms with Crippen molar-refractivity contribution in [3.63, 3.8) is 0 Å². The Morgan fingerprint density at radius 1 is 1.12 bits per heavy atom. The minimum atomic E-state index is -4.17. The molecule has 2 aromatic carbocycles. The predicted molar refractivity (Wildman–Crippen MR) is 91.3 cm³/mol. The third-order valence-corrected chi connectivity index (χ3v) is 4.53. The summed E-state index contributed by atoms with van der Waals surface area (Å²) in [5, 5.41) is 2.81. The summed E-state index contributed by atoms with van der Waals surface area (Å²) < 4.78 is 35.5. The second kappa shape index (κ2) is 7.11. The van der Waals surface area contributed by atoms with E-state index in [4.69, 9.17) is 20.5 Å². The summed E-state index contributed by atoms with van der Waals surface area (Å²) in [6, 6.07) is 8.95. The Balaban J connectivity index is 2.47. The molecule has 0 heterocycles. The number of amides is 1. The Morgan fingerprint density at radius 3 is 2.42 bits per heavy atom. The lowest BCUT2D eigenvalue weighted by molar-refractivity contribution is -0.114. The van der Waals surface area contributed by atoms with Crippen LogP contribution in [-0.4, -0.2) is 21.4 Å². The number of carbonyl (C=O) groups excluding carboxylic acids is 1. The van der Waals surface area contributed by atoms with E-state index in [-0.39, 0.29) is 28.0 Å². The molecule has 0 radical (unpaired) electrons. The van der Waals surface area contributed by atoms with Gasteiger partial charge in [0, 0.05) is 11.9 Å². The van der Waals surface area contributed by atoms with Gasteiger partial charge in [0.1, 0.15) is 10.6 Å². The first kappa shape index (κ1) is 18.1. The van der Waals surface area contributed by atoms with Crippen LogP contribution in [0.1, 0.15) is 12.5 Å². The predicted octanol–water partition coefficient (Wildman–Crippen LogP) is 3.38. The molecule has 0 aliphatic carbocycles. The number of rotatable bonds is 5. The smallest absolute Gasteiger partial charge is 0.343 e.